The van der Waals surface area contributed by atoms with E-state index in [1.165, 1.54) is 12.1 Å². The second-order valence-electron chi connectivity index (χ2n) is 4.51. The van der Waals surface area contributed by atoms with Crippen LogP contribution in [0.15, 0.2) is 36.4 Å². The zero-order chi connectivity index (χ0) is 14.7. The van der Waals surface area contributed by atoms with Gasteiger partial charge >= 0.3 is 0 Å². The largest absolute Gasteiger partial charge is 0.399 e. The van der Waals surface area contributed by atoms with Crippen LogP contribution in [-0.2, 0) is 11.2 Å². The third-order valence-corrected chi connectivity index (χ3v) is 2.91. The first-order chi connectivity index (χ1) is 9.47. The number of aryl methyl sites for hydroxylation is 1. The van der Waals surface area contributed by atoms with Crippen molar-refractivity contribution in [3.63, 3.8) is 0 Å². The average molecular weight is 276 g/mol. The van der Waals surface area contributed by atoms with Crippen LogP contribution < -0.4 is 11.1 Å². The fraction of sp³-hybridized carbons (Fsp3) is 0.133. The van der Waals surface area contributed by atoms with Crippen molar-refractivity contribution in [2.24, 2.45) is 0 Å². The number of carbonyl (C=O) groups is 1. The molecule has 0 saturated heterocycles. The Balaban J connectivity index is 2.11. The lowest BCUT2D eigenvalue weighted by Gasteiger charge is -2.09. The van der Waals surface area contributed by atoms with Gasteiger partial charge in [-0.3, -0.25) is 4.79 Å². The number of rotatable bonds is 3. The standard InChI is InChI=1S/C15H14F2N2O/c1-9-7-11(18)5-6-13(9)19-14(20)8-10-3-2-4-12(16)15(10)17/h2-7H,8,18H2,1H3,(H,19,20). The predicted octanol–water partition coefficient (Wildman–Crippen LogP) is 3.04. The smallest absolute Gasteiger partial charge is 0.228 e. The molecule has 2 aromatic carbocycles. The Morgan fingerprint density at radius 1 is 1.25 bits per heavy atom. The normalized spacial score (nSPS) is 10.3. The van der Waals surface area contributed by atoms with Gasteiger partial charge in [-0.15, -0.1) is 0 Å². The molecule has 0 heterocycles. The number of benzene rings is 2. The van der Waals surface area contributed by atoms with Crippen molar-refractivity contribution in [1.82, 2.24) is 0 Å². The van der Waals surface area contributed by atoms with Crippen LogP contribution in [0.2, 0.25) is 0 Å². The third-order valence-electron chi connectivity index (χ3n) is 2.91. The summed E-state index contributed by atoms with van der Waals surface area (Å²) in [5.41, 5.74) is 7.63. The van der Waals surface area contributed by atoms with E-state index in [1.54, 1.807) is 25.1 Å². The van der Waals surface area contributed by atoms with Gasteiger partial charge in [-0.1, -0.05) is 12.1 Å². The van der Waals surface area contributed by atoms with Crippen molar-refractivity contribution in [2.75, 3.05) is 11.1 Å². The molecule has 0 aliphatic rings. The van der Waals surface area contributed by atoms with Gasteiger partial charge < -0.3 is 11.1 Å². The van der Waals surface area contributed by atoms with Gasteiger partial charge in [-0.25, -0.2) is 8.78 Å². The van der Waals surface area contributed by atoms with Crippen LogP contribution in [0.1, 0.15) is 11.1 Å². The van der Waals surface area contributed by atoms with Gasteiger partial charge in [0, 0.05) is 16.9 Å². The fourth-order valence-electron chi connectivity index (χ4n) is 1.88. The van der Waals surface area contributed by atoms with Gasteiger partial charge in [0.15, 0.2) is 11.6 Å². The third kappa shape index (κ3) is 3.12. The first kappa shape index (κ1) is 14.0. The van der Waals surface area contributed by atoms with Crippen molar-refractivity contribution >= 4 is 17.3 Å². The maximum Gasteiger partial charge on any atom is 0.228 e. The van der Waals surface area contributed by atoms with Gasteiger partial charge in [-0.05, 0) is 36.8 Å². The molecule has 3 N–H and O–H groups in total. The number of amides is 1. The van der Waals surface area contributed by atoms with Crippen LogP contribution in [-0.4, -0.2) is 5.91 Å². The number of hydrogen-bond donors (Lipinski definition) is 2. The summed E-state index contributed by atoms with van der Waals surface area (Å²) in [7, 11) is 0. The summed E-state index contributed by atoms with van der Waals surface area (Å²) in [6.07, 6.45) is -0.229. The molecule has 104 valence electrons. The Kier molecular flexibility index (Phi) is 3.98. The molecule has 2 aromatic rings. The summed E-state index contributed by atoms with van der Waals surface area (Å²) < 4.78 is 26.5. The summed E-state index contributed by atoms with van der Waals surface area (Å²) in [5.74, 6) is -2.36. The highest BCUT2D eigenvalue weighted by Gasteiger charge is 2.12. The van der Waals surface area contributed by atoms with Gasteiger partial charge in [0.05, 0.1) is 6.42 Å². The minimum absolute atomic E-state index is 0.0237. The molecular weight excluding hydrogens is 262 g/mol. The molecule has 0 aliphatic heterocycles. The summed E-state index contributed by atoms with van der Waals surface area (Å²) in [4.78, 5) is 11.9. The van der Waals surface area contributed by atoms with E-state index in [1.807, 2.05) is 0 Å². The molecule has 5 heteroatoms. The second-order valence-corrected chi connectivity index (χ2v) is 4.51. The van der Waals surface area contributed by atoms with Gasteiger partial charge in [0.1, 0.15) is 0 Å². The lowest BCUT2D eigenvalue weighted by atomic mass is 10.1. The van der Waals surface area contributed by atoms with Crippen LogP contribution in [0.3, 0.4) is 0 Å². The molecule has 1 amide bonds. The summed E-state index contributed by atoms with van der Waals surface area (Å²) in [6.45, 7) is 1.80. The van der Waals surface area contributed by atoms with Crippen molar-refractivity contribution in [1.29, 1.82) is 0 Å². The minimum atomic E-state index is -0.989. The molecule has 0 unspecified atom stereocenters. The molecular formula is C15H14F2N2O. The number of carbonyl (C=O) groups excluding carboxylic acids is 1. The molecule has 0 radical (unpaired) electrons. The van der Waals surface area contributed by atoms with Crippen molar-refractivity contribution < 1.29 is 13.6 Å². The maximum atomic E-state index is 13.5. The molecule has 0 atom stereocenters. The second kappa shape index (κ2) is 5.69. The molecule has 3 nitrogen and oxygen atoms in total. The van der Waals surface area contributed by atoms with Crippen LogP contribution in [0.25, 0.3) is 0 Å². The molecule has 0 bridgehead atoms. The summed E-state index contributed by atoms with van der Waals surface area (Å²) in [6, 6.07) is 8.82. The summed E-state index contributed by atoms with van der Waals surface area (Å²) >= 11 is 0. The lowest BCUT2D eigenvalue weighted by molar-refractivity contribution is -0.115. The molecule has 2 rings (SSSR count). The van der Waals surface area contributed by atoms with Gasteiger partial charge in [0.2, 0.25) is 5.91 Å². The molecule has 0 saturated carbocycles. The Labute approximate surface area is 115 Å². The molecule has 0 aromatic heterocycles. The molecule has 20 heavy (non-hydrogen) atoms. The zero-order valence-corrected chi connectivity index (χ0v) is 10.9. The Hall–Kier alpha value is -2.43. The van der Waals surface area contributed by atoms with E-state index in [-0.39, 0.29) is 12.0 Å². The number of nitrogens with two attached hydrogens (primary N) is 1. The van der Waals surface area contributed by atoms with E-state index in [2.05, 4.69) is 5.32 Å². The number of halogens is 2. The molecule has 0 fully saturated rings. The van der Waals surface area contributed by atoms with E-state index in [9.17, 15) is 13.6 Å². The monoisotopic (exact) mass is 276 g/mol. The van der Waals surface area contributed by atoms with E-state index in [0.29, 0.717) is 11.4 Å². The van der Waals surface area contributed by atoms with Crippen LogP contribution >= 0.6 is 0 Å². The number of hydrogen-bond acceptors (Lipinski definition) is 2. The van der Waals surface area contributed by atoms with Crippen molar-refractivity contribution in [2.45, 2.75) is 13.3 Å². The Bertz CT molecular complexity index is 656. The lowest BCUT2D eigenvalue weighted by Crippen LogP contribution is -2.16. The Morgan fingerprint density at radius 2 is 2.00 bits per heavy atom. The van der Waals surface area contributed by atoms with Crippen molar-refractivity contribution in [3.05, 3.63) is 59.2 Å². The first-order valence-electron chi connectivity index (χ1n) is 6.06. The highest BCUT2D eigenvalue weighted by atomic mass is 19.2. The van der Waals surface area contributed by atoms with E-state index >= 15 is 0 Å². The highest BCUT2D eigenvalue weighted by Crippen LogP contribution is 2.18. The van der Waals surface area contributed by atoms with Crippen molar-refractivity contribution in [3.8, 4) is 0 Å². The van der Waals surface area contributed by atoms with E-state index in [4.69, 9.17) is 5.73 Å². The van der Waals surface area contributed by atoms with Crippen LogP contribution in [0.5, 0.6) is 0 Å². The van der Waals surface area contributed by atoms with Crippen LogP contribution in [0.4, 0.5) is 20.2 Å². The molecule has 0 spiro atoms. The SMILES string of the molecule is Cc1cc(N)ccc1NC(=O)Cc1cccc(F)c1F. The predicted molar refractivity (Wildman–Crippen MR) is 74.3 cm³/mol. The van der Waals surface area contributed by atoms with Crippen LogP contribution in [0, 0.1) is 18.6 Å². The van der Waals surface area contributed by atoms with E-state index < -0.39 is 17.5 Å². The quantitative estimate of drug-likeness (QED) is 0.847. The first-order valence-corrected chi connectivity index (χ1v) is 6.06. The molecule has 0 aliphatic carbocycles. The topological polar surface area (TPSA) is 55.1 Å². The van der Waals surface area contributed by atoms with E-state index in [0.717, 1.165) is 11.6 Å². The fourth-order valence-corrected chi connectivity index (χ4v) is 1.88. The highest BCUT2D eigenvalue weighted by molar-refractivity contribution is 5.93. The zero-order valence-electron chi connectivity index (χ0n) is 10.9. The Morgan fingerprint density at radius 3 is 2.70 bits per heavy atom. The van der Waals surface area contributed by atoms with Gasteiger partial charge in [0.25, 0.3) is 0 Å². The number of nitrogen functional groups attached to an aromatic ring is 1. The number of anilines is 2. The minimum Gasteiger partial charge on any atom is -0.399 e. The number of nitrogens with one attached hydrogen (secondary N) is 1. The maximum absolute atomic E-state index is 13.5. The average Bonchev–Trinajstić information content (AvgIpc) is 2.38. The summed E-state index contributed by atoms with van der Waals surface area (Å²) in [5, 5.41) is 2.65. The van der Waals surface area contributed by atoms with Gasteiger partial charge in [-0.2, -0.15) is 0 Å².